The lowest BCUT2D eigenvalue weighted by molar-refractivity contribution is 0.00701. The molecule has 8 nitrogen and oxygen atoms in total. The molecular weight excluding hydrogens is 380 g/mol. The van der Waals surface area contributed by atoms with E-state index in [9.17, 15) is 4.79 Å². The predicted molar refractivity (Wildman–Crippen MR) is 120 cm³/mol. The molecule has 1 aromatic heterocycles. The molecule has 2 N–H and O–H groups in total. The van der Waals surface area contributed by atoms with E-state index in [1.165, 1.54) is 19.3 Å². The Balaban J connectivity index is 1.52. The van der Waals surface area contributed by atoms with Crippen molar-refractivity contribution in [1.29, 1.82) is 0 Å². The number of anilines is 1. The molecule has 0 spiro atoms. The summed E-state index contributed by atoms with van der Waals surface area (Å²) in [5, 5.41) is 6.70. The van der Waals surface area contributed by atoms with Gasteiger partial charge in [0.1, 0.15) is 11.4 Å². The fourth-order valence-electron chi connectivity index (χ4n) is 3.58. The Morgan fingerprint density at radius 1 is 1.27 bits per heavy atom. The highest BCUT2D eigenvalue weighted by atomic mass is 16.6. The number of nitrogens with one attached hydrogen (secondary N) is 2. The number of aliphatic imine (C=N–C) groups is 1. The Kier molecular flexibility index (Phi) is 7.39. The summed E-state index contributed by atoms with van der Waals surface area (Å²) in [6, 6.07) is 4.34. The maximum atomic E-state index is 12.1. The molecule has 1 aromatic rings. The van der Waals surface area contributed by atoms with Crippen LogP contribution in [0.1, 0.15) is 52.5 Å². The molecule has 8 heteroatoms. The normalized spacial score (nSPS) is 18.1. The zero-order chi connectivity index (χ0) is 21.6. The number of hydrogen-bond donors (Lipinski definition) is 2. The van der Waals surface area contributed by atoms with Crippen LogP contribution in [0.2, 0.25) is 0 Å². The van der Waals surface area contributed by atoms with Gasteiger partial charge in [-0.15, -0.1) is 0 Å². The fourth-order valence-corrected chi connectivity index (χ4v) is 3.58. The van der Waals surface area contributed by atoms with Crippen LogP contribution in [0.15, 0.2) is 23.3 Å². The lowest BCUT2D eigenvalue weighted by Crippen LogP contribution is -2.63. The molecule has 3 rings (SSSR count). The molecule has 0 radical (unpaired) electrons. The average molecular weight is 417 g/mol. The summed E-state index contributed by atoms with van der Waals surface area (Å²) >= 11 is 0. The first-order chi connectivity index (χ1) is 14.3. The minimum absolute atomic E-state index is 0.177. The highest BCUT2D eigenvalue weighted by Crippen LogP contribution is 2.19. The van der Waals surface area contributed by atoms with Crippen molar-refractivity contribution in [2.75, 3.05) is 37.6 Å². The molecule has 3 heterocycles. The van der Waals surface area contributed by atoms with Gasteiger partial charge in [-0.05, 0) is 64.7 Å². The minimum Gasteiger partial charge on any atom is -0.444 e. The van der Waals surface area contributed by atoms with E-state index < -0.39 is 5.60 Å². The Morgan fingerprint density at radius 3 is 2.67 bits per heavy atom. The van der Waals surface area contributed by atoms with Gasteiger partial charge in [0.2, 0.25) is 0 Å². The van der Waals surface area contributed by atoms with Crippen LogP contribution in [0.5, 0.6) is 0 Å². The maximum absolute atomic E-state index is 12.1. The Morgan fingerprint density at radius 2 is 2.00 bits per heavy atom. The zero-order valence-corrected chi connectivity index (χ0v) is 18.8. The molecule has 1 amide bonds. The van der Waals surface area contributed by atoms with Gasteiger partial charge >= 0.3 is 6.09 Å². The molecule has 0 unspecified atom stereocenters. The number of likely N-dealkylation sites (tertiary alicyclic amines) is 1. The smallest absolute Gasteiger partial charge is 0.410 e. The monoisotopic (exact) mass is 416 g/mol. The molecule has 0 aromatic carbocycles. The molecule has 2 saturated heterocycles. The second-order valence-corrected chi connectivity index (χ2v) is 8.99. The van der Waals surface area contributed by atoms with Gasteiger partial charge in [0.25, 0.3) is 0 Å². The van der Waals surface area contributed by atoms with Crippen molar-refractivity contribution in [2.24, 2.45) is 4.99 Å². The molecule has 2 fully saturated rings. The van der Waals surface area contributed by atoms with E-state index in [1.54, 1.807) is 4.90 Å². The van der Waals surface area contributed by atoms with Gasteiger partial charge in [-0.25, -0.2) is 14.8 Å². The number of ether oxygens (including phenoxy) is 1. The van der Waals surface area contributed by atoms with E-state index in [-0.39, 0.29) is 12.1 Å². The quantitative estimate of drug-likeness (QED) is 0.567. The molecule has 166 valence electrons. The van der Waals surface area contributed by atoms with Crippen LogP contribution in [0.25, 0.3) is 0 Å². The number of aromatic nitrogens is 1. The molecular formula is C22H36N6O2. The highest BCUT2D eigenvalue weighted by molar-refractivity contribution is 5.80. The number of pyridine rings is 1. The first kappa shape index (κ1) is 22.2. The van der Waals surface area contributed by atoms with Crippen molar-refractivity contribution in [1.82, 2.24) is 20.5 Å². The molecule has 2 aliphatic rings. The molecule has 0 aliphatic carbocycles. The second kappa shape index (κ2) is 10.00. The van der Waals surface area contributed by atoms with Crippen molar-refractivity contribution < 1.29 is 9.53 Å². The summed E-state index contributed by atoms with van der Waals surface area (Å²) in [6.07, 6.45) is 5.40. The van der Waals surface area contributed by atoms with Crippen LogP contribution in [-0.2, 0) is 11.3 Å². The van der Waals surface area contributed by atoms with Gasteiger partial charge in [0, 0.05) is 38.9 Å². The lowest BCUT2D eigenvalue weighted by Gasteiger charge is -2.40. The topological polar surface area (TPSA) is 82.1 Å². The third kappa shape index (κ3) is 6.50. The van der Waals surface area contributed by atoms with E-state index >= 15 is 0 Å². The molecule has 0 bridgehead atoms. The van der Waals surface area contributed by atoms with Crippen LogP contribution in [0, 0.1) is 0 Å². The van der Waals surface area contributed by atoms with Crippen LogP contribution in [-0.4, -0.2) is 66.3 Å². The molecule has 0 saturated carbocycles. The van der Waals surface area contributed by atoms with Crippen molar-refractivity contribution in [3.05, 3.63) is 23.9 Å². The predicted octanol–water partition coefficient (Wildman–Crippen LogP) is 2.75. The Bertz CT molecular complexity index is 733. The second-order valence-electron chi connectivity index (χ2n) is 8.99. The van der Waals surface area contributed by atoms with E-state index in [4.69, 9.17) is 9.73 Å². The van der Waals surface area contributed by atoms with Crippen LogP contribution < -0.4 is 15.5 Å². The molecule has 2 aliphatic heterocycles. The summed E-state index contributed by atoms with van der Waals surface area (Å²) in [6.45, 7) is 12.5. The number of nitrogens with zero attached hydrogens (tertiary/aromatic N) is 4. The summed E-state index contributed by atoms with van der Waals surface area (Å²) in [5.41, 5.74) is 0.676. The van der Waals surface area contributed by atoms with Gasteiger partial charge in [-0.1, -0.05) is 0 Å². The zero-order valence-electron chi connectivity index (χ0n) is 18.8. The van der Waals surface area contributed by atoms with Crippen LogP contribution in [0.3, 0.4) is 0 Å². The first-order valence-corrected chi connectivity index (χ1v) is 11.1. The minimum atomic E-state index is -0.469. The maximum Gasteiger partial charge on any atom is 0.410 e. The number of rotatable bonds is 5. The van der Waals surface area contributed by atoms with Gasteiger partial charge < -0.3 is 25.2 Å². The van der Waals surface area contributed by atoms with Crippen molar-refractivity contribution in [3.8, 4) is 0 Å². The molecule has 30 heavy (non-hydrogen) atoms. The summed E-state index contributed by atoms with van der Waals surface area (Å²) in [4.78, 5) is 25.4. The van der Waals surface area contributed by atoms with E-state index in [0.29, 0.717) is 19.6 Å². The standard InChI is InChI=1S/C22H36N6O2/c1-5-23-20(26-18-15-28(16-18)21(29)30-22(2,3)4)25-14-17-9-10-24-19(13-17)27-11-7-6-8-12-27/h9-10,13,18H,5-8,11-12,14-16H2,1-4H3,(H2,23,25,26). The van der Waals surface area contributed by atoms with E-state index in [1.807, 2.05) is 40.0 Å². The van der Waals surface area contributed by atoms with Crippen LogP contribution >= 0.6 is 0 Å². The number of piperidine rings is 1. The average Bonchev–Trinajstić information content (AvgIpc) is 2.68. The third-order valence-electron chi connectivity index (χ3n) is 5.13. The first-order valence-electron chi connectivity index (χ1n) is 11.1. The highest BCUT2D eigenvalue weighted by Gasteiger charge is 2.34. The van der Waals surface area contributed by atoms with Crippen molar-refractivity contribution in [3.63, 3.8) is 0 Å². The summed E-state index contributed by atoms with van der Waals surface area (Å²) in [7, 11) is 0. The van der Waals surface area contributed by atoms with Gasteiger partial charge in [0.15, 0.2) is 5.96 Å². The number of hydrogen-bond acceptors (Lipinski definition) is 5. The number of amides is 1. The third-order valence-corrected chi connectivity index (χ3v) is 5.13. The van der Waals surface area contributed by atoms with E-state index in [2.05, 4.69) is 26.6 Å². The summed E-state index contributed by atoms with van der Waals surface area (Å²) < 4.78 is 5.41. The Labute approximate surface area is 180 Å². The fraction of sp³-hybridized carbons (Fsp3) is 0.682. The SMILES string of the molecule is CCNC(=NCc1ccnc(N2CCCCC2)c1)NC1CN(C(=O)OC(C)(C)C)C1. The Hall–Kier alpha value is -2.51. The lowest BCUT2D eigenvalue weighted by atomic mass is 10.1. The number of guanidine groups is 1. The van der Waals surface area contributed by atoms with Gasteiger partial charge in [-0.3, -0.25) is 0 Å². The summed E-state index contributed by atoms with van der Waals surface area (Å²) in [5.74, 6) is 1.81. The van der Waals surface area contributed by atoms with Crippen molar-refractivity contribution >= 4 is 17.9 Å². The van der Waals surface area contributed by atoms with E-state index in [0.717, 1.165) is 37.0 Å². The molecule has 0 atom stereocenters. The van der Waals surface area contributed by atoms with Crippen LogP contribution in [0.4, 0.5) is 10.6 Å². The van der Waals surface area contributed by atoms with Crippen molar-refractivity contribution in [2.45, 2.75) is 65.1 Å². The van der Waals surface area contributed by atoms with Gasteiger partial charge in [0.05, 0.1) is 12.6 Å². The number of carbonyl (C=O) groups excluding carboxylic acids is 1. The number of carbonyl (C=O) groups is 1. The van der Waals surface area contributed by atoms with Gasteiger partial charge in [-0.2, -0.15) is 0 Å². The largest absolute Gasteiger partial charge is 0.444 e.